The maximum absolute atomic E-state index is 13.7. The number of hydrogen-bond acceptors (Lipinski definition) is 9. The van der Waals surface area contributed by atoms with Crippen molar-refractivity contribution < 1.29 is 23.9 Å². The Morgan fingerprint density at radius 1 is 1.12 bits per heavy atom. The maximum Gasteiger partial charge on any atom is 0.357 e. The standard InChI is InChI=1S/C23H20N4O5S/c1-3-32-22(29)18-16(24)15(12-13-4-8-25-9-5-13)17-20(23(30)31-2)33-19(21(28)27(17)18)14-6-10-26-11-7-14/h4-12,19H,3,24H2,1-2H3/b15-12+. The van der Waals surface area contributed by atoms with Crippen LogP contribution in [0.15, 0.2) is 49.1 Å². The molecule has 9 nitrogen and oxygen atoms in total. The van der Waals surface area contributed by atoms with Gasteiger partial charge in [-0.25, -0.2) is 9.59 Å². The number of fused-ring (bicyclic) bond motifs is 1. The van der Waals surface area contributed by atoms with E-state index in [1.807, 2.05) is 0 Å². The molecule has 4 rings (SSSR count). The smallest absolute Gasteiger partial charge is 0.357 e. The summed E-state index contributed by atoms with van der Waals surface area (Å²) < 4.78 is 11.4. The number of nitrogens with two attached hydrogens (primary N) is 1. The van der Waals surface area contributed by atoms with Crippen molar-refractivity contribution in [2.75, 3.05) is 19.5 Å². The number of carbonyl (C=O) groups excluding carboxylic acids is 3. The van der Waals surface area contributed by atoms with Gasteiger partial charge in [-0.3, -0.25) is 19.3 Å². The van der Waals surface area contributed by atoms with Gasteiger partial charge in [0.25, 0.3) is 0 Å². The van der Waals surface area contributed by atoms with Crippen LogP contribution in [0.3, 0.4) is 0 Å². The van der Waals surface area contributed by atoms with Crippen molar-refractivity contribution in [3.8, 4) is 0 Å². The molecule has 0 amide bonds. The van der Waals surface area contributed by atoms with Crippen LogP contribution in [0.2, 0.25) is 0 Å². The summed E-state index contributed by atoms with van der Waals surface area (Å²) in [6.45, 7) is 1.74. The van der Waals surface area contributed by atoms with Gasteiger partial charge < -0.3 is 15.2 Å². The zero-order chi connectivity index (χ0) is 23.5. The lowest BCUT2D eigenvalue weighted by Crippen LogP contribution is -2.42. The predicted molar refractivity (Wildman–Crippen MR) is 122 cm³/mol. The molecule has 1 unspecified atom stereocenters. The molecule has 3 aromatic heterocycles. The molecule has 0 saturated heterocycles. The van der Waals surface area contributed by atoms with E-state index in [1.165, 1.54) is 11.7 Å². The number of esters is 2. The fraction of sp³-hybridized carbons (Fsp3) is 0.174. The molecule has 2 N–H and O–H groups in total. The van der Waals surface area contributed by atoms with E-state index in [0.717, 1.165) is 17.3 Å². The Morgan fingerprint density at radius 2 is 1.76 bits per heavy atom. The number of nitrogens with zero attached hydrogens (tertiary/aromatic N) is 3. The maximum atomic E-state index is 13.7. The van der Waals surface area contributed by atoms with Gasteiger partial charge in [-0.2, -0.15) is 0 Å². The monoisotopic (exact) mass is 464 g/mol. The van der Waals surface area contributed by atoms with Gasteiger partial charge in [0, 0.05) is 30.0 Å². The van der Waals surface area contributed by atoms with Gasteiger partial charge in [0.15, 0.2) is 5.69 Å². The van der Waals surface area contributed by atoms with E-state index in [9.17, 15) is 14.4 Å². The zero-order valence-corrected chi connectivity index (χ0v) is 18.7. The first-order valence-electron chi connectivity index (χ1n) is 10.00. The van der Waals surface area contributed by atoms with Gasteiger partial charge in [-0.15, -0.1) is 0 Å². The molecular formula is C23H20N4O5S. The van der Waals surface area contributed by atoms with Crippen molar-refractivity contribution in [2.24, 2.45) is 0 Å². The van der Waals surface area contributed by atoms with E-state index >= 15 is 0 Å². The van der Waals surface area contributed by atoms with Crippen LogP contribution in [0.1, 0.15) is 38.6 Å². The molecule has 0 aliphatic carbocycles. The highest BCUT2D eigenvalue weighted by molar-refractivity contribution is 8.10. The van der Waals surface area contributed by atoms with Crippen molar-refractivity contribution in [1.29, 1.82) is 0 Å². The number of nitrogen functional groups attached to an aromatic ring is 1. The van der Waals surface area contributed by atoms with Crippen LogP contribution in [0.4, 0.5) is 5.69 Å². The summed E-state index contributed by atoms with van der Waals surface area (Å²) in [6, 6.07) is 6.83. The zero-order valence-electron chi connectivity index (χ0n) is 17.8. The Balaban J connectivity index is 2.11. The summed E-state index contributed by atoms with van der Waals surface area (Å²) >= 11 is 1.04. The number of carbonyl (C=O) groups is 3. The summed E-state index contributed by atoms with van der Waals surface area (Å²) in [4.78, 5) is 47.6. The lowest BCUT2D eigenvalue weighted by molar-refractivity contribution is -0.133. The first kappa shape index (κ1) is 22.3. The van der Waals surface area contributed by atoms with Gasteiger partial charge in [-0.1, -0.05) is 11.8 Å². The third kappa shape index (κ3) is 4.00. The summed E-state index contributed by atoms with van der Waals surface area (Å²) in [5.41, 5.74) is 7.65. The lowest BCUT2D eigenvalue weighted by atomic mass is 10.1. The minimum absolute atomic E-state index is 0.0333. The first-order valence-corrected chi connectivity index (χ1v) is 10.9. The summed E-state index contributed by atoms with van der Waals surface area (Å²) in [7, 11) is 1.25. The third-order valence-corrected chi connectivity index (χ3v) is 6.31. The Hall–Kier alpha value is -3.92. The largest absolute Gasteiger partial charge is 0.465 e. The first-order chi connectivity index (χ1) is 16.0. The molecule has 1 aliphatic heterocycles. The normalized spacial score (nSPS) is 15.8. The summed E-state index contributed by atoms with van der Waals surface area (Å²) in [5, 5.41) is -0.276. The molecule has 0 aromatic carbocycles. The van der Waals surface area contributed by atoms with Crippen molar-refractivity contribution in [3.05, 3.63) is 76.4 Å². The molecule has 168 valence electrons. The second kappa shape index (κ2) is 9.29. The molecule has 0 saturated carbocycles. The van der Waals surface area contributed by atoms with Crippen molar-refractivity contribution in [1.82, 2.24) is 14.5 Å². The van der Waals surface area contributed by atoms with Crippen molar-refractivity contribution >= 4 is 46.3 Å². The molecule has 3 aromatic rings. The molecule has 0 fully saturated rings. The average molecular weight is 465 g/mol. The molecule has 33 heavy (non-hydrogen) atoms. The van der Waals surface area contributed by atoms with Gasteiger partial charge in [0.2, 0.25) is 5.91 Å². The van der Waals surface area contributed by atoms with Gasteiger partial charge in [-0.05, 0) is 48.4 Å². The number of methoxy groups -OCH3 is 1. The third-order valence-electron chi connectivity index (χ3n) is 5.01. The minimum Gasteiger partial charge on any atom is -0.465 e. The molecule has 4 heterocycles. The Bertz CT molecular complexity index is 1350. The topological polar surface area (TPSA) is 126 Å². The van der Waals surface area contributed by atoms with Gasteiger partial charge in [0.05, 0.1) is 24.8 Å². The van der Waals surface area contributed by atoms with Crippen LogP contribution in [0.5, 0.6) is 0 Å². The Labute approximate surface area is 192 Å². The molecular weight excluding hydrogens is 444 g/mol. The van der Waals surface area contributed by atoms with E-state index in [-0.39, 0.29) is 28.2 Å². The van der Waals surface area contributed by atoms with Crippen LogP contribution in [0, 0.1) is 0 Å². The van der Waals surface area contributed by atoms with Crippen LogP contribution < -0.4 is 16.3 Å². The Morgan fingerprint density at radius 3 is 2.36 bits per heavy atom. The molecule has 0 bridgehead atoms. The van der Waals surface area contributed by atoms with E-state index < -0.39 is 23.1 Å². The molecule has 1 atom stereocenters. The average Bonchev–Trinajstić information content (AvgIpc) is 3.13. The van der Waals surface area contributed by atoms with Crippen LogP contribution in [0.25, 0.3) is 11.0 Å². The van der Waals surface area contributed by atoms with E-state index in [0.29, 0.717) is 10.8 Å². The number of anilines is 1. The highest BCUT2D eigenvalue weighted by atomic mass is 32.2. The molecule has 0 spiro atoms. The molecule has 0 radical (unpaired) electrons. The van der Waals surface area contributed by atoms with Crippen LogP contribution in [-0.4, -0.2) is 46.1 Å². The number of aromatic nitrogens is 3. The van der Waals surface area contributed by atoms with Crippen LogP contribution >= 0.6 is 11.8 Å². The van der Waals surface area contributed by atoms with Gasteiger partial charge in [0.1, 0.15) is 10.2 Å². The molecule has 10 heteroatoms. The van der Waals surface area contributed by atoms with Gasteiger partial charge >= 0.3 is 11.9 Å². The highest BCUT2D eigenvalue weighted by Gasteiger charge is 2.38. The van der Waals surface area contributed by atoms with Crippen molar-refractivity contribution in [3.63, 3.8) is 0 Å². The Kier molecular flexibility index (Phi) is 6.27. The lowest BCUT2D eigenvalue weighted by Gasteiger charge is -2.23. The number of thioether (sulfide) groups is 1. The minimum atomic E-state index is -0.816. The van der Waals surface area contributed by atoms with E-state index in [1.54, 1.807) is 62.1 Å². The number of hydrogen-bond donors (Lipinski definition) is 1. The van der Waals surface area contributed by atoms with Crippen LogP contribution in [-0.2, 0) is 14.3 Å². The van der Waals surface area contributed by atoms with E-state index in [2.05, 4.69) is 9.97 Å². The summed E-state index contributed by atoms with van der Waals surface area (Å²) in [5.74, 6) is -1.84. The predicted octanol–water partition coefficient (Wildman–Crippen LogP) is 1.28. The highest BCUT2D eigenvalue weighted by Crippen LogP contribution is 2.39. The SMILES string of the molecule is CCOC(=O)c1c(N)/c(=C\c2ccncc2)c2n1C(=O)C(c1ccncc1)SC=2C(=O)OC. The fourth-order valence-corrected chi connectivity index (χ4v) is 4.78. The number of rotatable bonds is 5. The second-order valence-electron chi connectivity index (χ2n) is 6.94. The summed E-state index contributed by atoms with van der Waals surface area (Å²) in [6.07, 6.45) is 7.99. The van der Waals surface area contributed by atoms with Crippen molar-refractivity contribution in [2.45, 2.75) is 12.2 Å². The number of pyridine rings is 2. The second-order valence-corrected chi connectivity index (χ2v) is 8.06. The molecule has 1 aliphatic rings. The fourth-order valence-electron chi connectivity index (χ4n) is 3.55. The van der Waals surface area contributed by atoms with E-state index in [4.69, 9.17) is 15.2 Å². The quantitative estimate of drug-likeness (QED) is 0.556. The number of ether oxygens (including phenoxy) is 2.